The molecule has 40 heavy (non-hydrogen) atoms. The van der Waals surface area contributed by atoms with E-state index in [0.717, 1.165) is 37.8 Å². The Morgan fingerprint density at radius 2 is 1.80 bits per heavy atom. The van der Waals surface area contributed by atoms with Crippen molar-refractivity contribution in [1.82, 2.24) is 4.90 Å². The monoisotopic (exact) mass is 551 g/mol. The van der Waals surface area contributed by atoms with Crippen molar-refractivity contribution in [2.24, 2.45) is 0 Å². The Hall–Kier alpha value is -3.98. The third-order valence-corrected chi connectivity index (χ3v) is 7.57. The van der Waals surface area contributed by atoms with Crippen LogP contribution in [0, 0.1) is 11.6 Å². The largest absolute Gasteiger partial charge is 0.493 e. The van der Waals surface area contributed by atoms with Crippen molar-refractivity contribution < 1.29 is 37.7 Å². The molecule has 1 heterocycles. The average Bonchev–Trinajstić information content (AvgIpc) is 3.48. The lowest BCUT2D eigenvalue weighted by Crippen LogP contribution is -2.50. The number of carboxylic acids is 1. The molecule has 7 nitrogen and oxygen atoms in total. The van der Waals surface area contributed by atoms with E-state index < -0.39 is 35.7 Å². The fourth-order valence-electron chi connectivity index (χ4n) is 5.45. The molecule has 0 unspecified atom stereocenters. The lowest BCUT2D eigenvalue weighted by molar-refractivity contribution is -0.160. The van der Waals surface area contributed by atoms with Gasteiger partial charge in [-0.25, -0.2) is 13.6 Å². The Morgan fingerprint density at radius 1 is 1.05 bits per heavy atom. The van der Waals surface area contributed by atoms with Gasteiger partial charge in [-0.1, -0.05) is 49.2 Å². The zero-order valence-corrected chi connectivity index (χ0v) is 22.1. The summed E-state index contributed by atoms with van der Waals surface area (Å²) in [7, 11) is 1.45. The van der Waals surface area contributed by atoms with Gasteiger partial charge >= 0.3 is 5.97 Å². The molecule has 1 aliphatic carbocycles. The van der Waals surface area contributed by atoms with Crippen LogP contribution >= 0.6 is 0 Å². The Morgan fingerprint density at radius 3 is 2.48 bits per heavy atom. The van der Waals surface area contributed by atoms with Gasteiger partial charge < -0.3 is 24.2 Å². The normalized spacial score (nSPS) is 17.8. The average molecular weight is 552 g/mol. The zero-order valence-electron chi connectivity index (χ0n) is 22.1. The van der Waals surface area contributed by atoms with Crippen LogP contribution in [0.4, 0.5) is 8.78 Å². The number of amides is 1. The van der Waals surface area contributed by atoms with E-state index in [4.69, 9.17) is 14.2 Å². The van der Waals surface area contributed by atoms with Crippen LogP contribution in [0.15, 0.2) is 60.7 Å². The number of fused-ring (bicyclic) bond motifs is 1. The van der Waals surface area contributed by atoms with E-state index in [-0.39, 0.29) is 37.0 Å². The summed E-state index contributed by atoms with van der Waals surface area (Å²) < 4.78 is 45.3. The number of nitrogens with zero attached hydrogens (tertiary/aromatic N) is 1. The lowest BCUT2D eigenvalue weighted by atomic mass is 9.91. The predicted octanol–water partition coefficient (Wildman–Crippen LogP) is 5.59. The quantitative estimate of drug-likeness (QED) is 0.373. The number of aliphatic carboxylic acids is 1. The number of methoxy groups -OCH3 is 1. The molecular formula is C31H31F2NO6. The summed E-state index contributed by atoms with van der Waals surface area (Å²) in [4.78, 5) is 27.9. The van der Waals surface area contributed by atoms with E-state index in [9.17, 15) is 23.5 Å². The van der Waals surface area contributed by atoms with Gasteiger partial charge in [-0.15, -0.1) is 0 Å². The van der Waals surface area contributed by atoms with E-state index in [1.54, 1.807) is 12.1 Å². The number of halogens is 2. The summed E-state index contributed by atoms with van der Waals surface area (Å²) in [6.45, 7) is -0.196. The minimum Gasteiger partial charge on any atom is -0.493 e. The van der Waals surface area contributed by atoms with Crippen LogP contribution in [0.5, 0.6) is 11.5 Å². The van der Waals surface area contributed by atoms with E-state index in [1.807, 2.05) is 30.3 Å². The second-order valence-corrected chi connectivity index (χ2v) is 10.1. The molecule has 2 aliphatic rings. The number of benzene rings is 3. The maximum Gasteiger partial charge on any atom is 0.326 e. The molecule has 9 heteroatoms. The number of ether oxygens (including phenoxy) is 3. The van der Waals surface area contributed by atoms with Gasteiger partial charge in [0.25, 0.3) is 5.91 Å². The molecule has 0 bridgehead atoms. The van der Waals surface area contributed by atoms with Crippen LogP contribution in [0.25, 0.3) is 0 Å². The van der Waals surface area contributed by atoms with Crippen LogP contribution in [0.2, 0.25) is 0 Å². The highest BCUT2D eigenvalue weighted by atomic mass is 19.1. The molecule has 0 radical (unpaired) electrons. The molecule has 3 aromatic rings. The number of hydrogen-bond acceptors (Lipinski definition) is 5. The topological polar surface area (TPSA) is 85.3 Å². The molecule has 1 N–H and O–H groups in total. The molecule has 1 amide bonds. The highest BCUT2D eigenvalue weighted by molar-refractivity contribution is 5.88. The zero-order chi connectivity index (χ0) is 28.2. The molecule has 210 valence electrons. The third-order valence-electron chi connectivity index (χ3n) is 7.57. The fraction of sp³-hybridized carbons (Fsp3) is 0.355. The van der Waals surface area contributed by atoms with Gasteiger partial charge in [0, 0.05) is 30.2 Å². The van der Waals surface area contributed by atoms with E-state index >= 15 is 0 Å². The minimum atomic E-state index is -1.18. The molecule has 1 aliphatic heterocycles. The highest BCUT2D eigenvalue weighted by Gasteiger charge is 2.41. The molecule has 5 rings (SSSR count). The fourth-order valence-corrected chi connectivity index (χ4v) is 5.45. The highest BCUT2D eigenvalue weighted by Crippen LogP contribution is 2.40. The van der Waals surface area contributed by atoms with Crippen molar-refractivity contribution >= 4 is 11.9 Å². The smallest absolute Gasteiger partial charge is 0.326 e. The van der Waals surface area contributed by atoms with Crippen LogP contribution < -0.4 is 9.47 Å². The van der Waals surface area contributed by atoms with Crippen LogP contribution in [0.1, 0.15) is 54.0 Å². The van der Waals surface area contributed by atoms with E-state index in [2.05, 4.69) is 0 Å². The van der Waals surface area contributed by atoms with Crippen molar-refractivity contribution in [3.63, 3.8) is 0 Å². The van der Waals surface area contributed by atoms with Crippen molar-refractivity contribution in [3.8, 4) is 11.5 Å². The first-order valence-corrected chi connectivity index (χ1v) is 13.3. The second-order valence-electron chi connectivity index (χ2n) is 10.1. The number of carbonyl (C=O) groups excluding carboxylic acids is 1. The lowest BCUT2D eigenvalue weighted by Gasteiger charge is -2.37. The molecular weight excluding hydrogens is 520 g/mol. The van der Waals surface area contributed by atoms with Crippen LogP contribution in [-0.2, 0) is 33.9 Å². The first-order valence-electron chi connectivity index (χ1n) is 13.3. The van der Waals surface area contributed by atoms with Gasteiger partial charge in [-0.05, 0) is 42.2 Å². The van der Waals surface area contributed by atoms with Crippen molar-refractivity contribution in [2.45, 2.75) is 63.5 Å². The number of carbonyl (C=O) groups is 2. The number of rotatable bonds is 9. The Kier molecular flexibility index (Phi) is 8.30. The predicted molar refractivity (Wildman–Crippen MR) is 142 cm³/mol. The summed E-state index contributed by atoms with van der Waals surface area (Å²) in [5, 5.41) is 10.2. The summed E-state index contributed by atoms with van der Waals surface area (Å²) in [6, 6.07) is 14.6. The molecule has 0 saturated heterocycles. The Balaban J connectivity index is 1.46. The maximum absolute atomic E-state index is 14.3. The third kappa shape index (κ3) is 5.79. The van der Waals surface area contributed by atoms with Crippen molar-refractivity contribution in [2.75, 3.05) is 7.11 Å². The molecule has 3 aromatic carbocycles. The van der Waals surface area contributed by atoms with E-state index in [1.165, 1.54) is 18.1 Å². The second kappa shape index (κ2) is 12.0. The first-order chi connectivity index (χ1) is 19.4. The molecule has 0 spiro atoms. The Labute approximate surface area is 231 Å². The molecule has 0 aromatic heterocycles. The number of hydrogen-bond donors (Lipinski definition) is 1. The van der Waals surface area contributed by atoms with Crippen LogP contribution in [0.3, 0.4) is 0 Å². The first kappa shape index (κ1) is 27.6. The van der Waals surface area contributed by atoms with Gasteiger partial charge in [-0.3, -0.25) is 4.79 Å². The summed E-state index contributed by atoms with van der Waals surface area (Å²) >= 11 is 0. The summed E-state index contributed by atoms with van der Waals surface area (Å²) in [5.74, 6) is -2.41. The minimum absolute atomic E-state index is 0.0216. The van der Waals surface area contributed by atoms with E-state index in [0.29, 0.717) is 22.4 Å². The molecule has 2 atom stereocenters. The molecule has 1 fully saturated rings. The van der Waals surface area contributed by atoms with Crippen molar-refractivity contribution in [1.29, 1.82) is 0 Å². The van der Waals surface area contributed by atoms with Gasteiger partial charge in [0.1, 0.15) is 24.3 Å². The molecule has 1 saturated carbocycles. The Bertz CT molecular complexity index is 1380. The summed E-state index contributed by atoms with van der Waals surface area (Å²) in [5.41, 5.74) is 2.06. The van der Waals surface area contributed by atoms with Gasteiger partial charge in [-0.2, -0.15) is 0 Å². The van der Waals surface area contributed by atoms with Gasteiger partial charge in [0.05, 0.1) is 13.2 Å². The summed E-state index contributed by atoms with van der Waals surface area (Å²) in [6.07, 6.45) is 2.74. The van der Waals surface area contributed by atoms with Crippen molar-refractivity contribution in [3.05, 3.63) is 94.6 Å². The SMILES string of the molecule is COc1ccc2c(c1OCc1ccc(F)cc1F)C[C@H](C(=O)O)N(C(=O)[C@@H](OC1CCCC1)c1ccccc1)C2. The maximum atomic E-state index is 14.3. The van der Waals surface area contributed by atoms with Gasteiger partial charge in [0.15, 0.2) is 17.6 Å². The van der Waals surface area contributed by atoms with Crippen LogP contribution in [-0.4, -0.2) is 41.1 Å². The number of carboxylic acid groups (broad SMARTS) is 1. The standard InChI is InChI=1S/C31H31F2NO6/c1-38-27-14-12-20-17-34(30(35)28(19-7-3-2-4-8-19)40-23-9-5-6-10-23)26(31(36)37)16-24(20)29(27)39-18-21-11-13-22(32)15-25(21)33/h2-4,7-8,11-15,23,26,28H,5-6,9-10,16-18H2,1H3,(H,36,37)/t26-,28+/m1/s1. The van der Waals surface area contributed by atoms with Gasteiger partial charge in [0.2, 0.25) is 0 Å².